The number of imidazole rings is 1. The third kappa shape index (κ3) is 3.25. The van der Waals surface area contributed by atoms with Gasteiger partial charge < -0.3 is 9.88 Å². The van der Waals surface area contributed by atoms with Crippen LogP contribution in [0.15, 0.2) is 16.7 Å². The maximum atomic E-state index is 11.4. The van der Waals surface area contributed by atoms with Crippen LogP contribution in [0.1, 0.15) is 12.2 Å². The zero-order valence-corrected chi connectivity index (χ0v) is 12.8. The lowest BCUT2D eigenvalue weighted by molar-refractivity contribution is -0.120. The second kappa shape index (κ2) is 6.34. The average molecular weight is 346 g/mol. The van der Waals surface area contributed by atoms with Crippen molar-refractivity contribution in [3.63, 3.8) is 0 Å². The summed E-state index contributed by atoms with van der Waals surface area (Å²) in [6.07, 6.45) is 2.78. The molecular weight excluding hydrogens is 332 g/mol. The van der Waals surface area contributed by atoms with Crippen LogP contribution in [0.25, 0.3) is 11.2 Å². The van der Waals surface area contributed by atoms with Crippen LogP contribution in [0.5, 0.6) is 0 Å². The van der Waals surface area contributed by atoms with E-state index in [0.29, 0.717) is 25.3 Å². The highest BCUT2D eigenvalue weighted by Crippen LogP contribution is 2.19. The van der Waals surface area contributed by atoms with E-state index in [-0.39, 0.29) is 5.91 Å². The fourth-order valence-electron chi connectivity index (χ4n) is 1.88. The van der Waals surface area contributed by atoms with Gasteiger partial charge in [-0.1, -0.05) is 0 Å². The molecule has 0 radical (unpaired) electrons. The Balaban J connectivity index is 2.37. The number of alkyl halides is 1. The first-order chi connectivity index (χ1) is 9.15. The number of hydrogen-bond acceptors (Lipinski definition) is 3. The first-order valence-corrected chi connectivity index (χ1v) is 7.25. The molecule has 7 heteroatoms. The largest absolute Gasteiger partial charge is 0.359 e. The molecule has 2 heterocycles. The van der Waals surface area contributed by atoms with E-state index >= 15 is 0 Å². The number of nitrogens with one attached hydrogen (secondary N) is 1. The van der Waals surface area contributed by atoms with E-state index in [4.69, 9.17) is 11.6 Å². The van der Waals surface area contributed by atoms with E-state index in [9.17, 15) is 4.79 Å². The summed E-state index contributed by atoms with van der Waals surface area (Å²) in [5, 5.41) is 2.61. The fraction of sp³-hybridized carbons (Fsp3) is 0.417. The quantitative estimate of drug-likeness (QED) is 0.844. The van der Waals surface area contributed by atoms with Crippen LogP contribution in [0, 0.1) is 0 Å². The molecule has 0 aliphatic heterocycles. The van der Waals surface area contributed by atoms with Gasteiger partial charge in [0, 0.05) is 43.0 Å². The minimum absolute atomic E-state index is 0.00390. The number of halogens is 2. The minimum atomic E-state index is -0.00390. The average Bonchev–Trinajstić information content (AvgIpc) is 2.73. The molecule has 1 N–H and O–H groups in total. The first kappa shape index (κ1) is 14.3. The number of nitrogens with zero attached hydrogens (tertiary/aromatic N) is 3. The Morgan fingerprint density at radius 3 is 3.05 bits per heavy atom. The van der Waals surface area contributed by atoms with Crippen molar-refractivity contribution in [3.8, 4) is 0 Å². The Labute approximate surface area is 124 Å². The number of carbonyl (C=O) groups is 1. The van der Waals surface area contributed by atoms with Gasteiger partial charge in [-0.05, 0) is 22.0 Å². The lowest BCUT2D eigenvalue weighted by Gasteiger charge is -2.07. The fourth-order valence-corrected chi connectivity index (χ4v) is 2.37. The smallest absolute Gasteiger partial charge is 0.221 e. The Bertz CT molecular complexity index is 599. The maximum absolute atomic E-state index is 11.4. The summed E-state index contributed by atoms with van der Waals surface area (Å²) in [6.45, 7) is 0.553. The number of rotatable bonds is 5. The lowest BCUT2D eigenvalue weighted by atomic mass is 10.3. The Kier molecular flexibility index (Phi) is 4.76. The van der Waals surface area contributed by atoms with Gasteiger partial charge in [0.25, 0.3) is 0 Å². The van der Waals surface area contributed by atoms with Crippen LogP contribution < -0.4 is 5.32 Å². The lowest BCUT2D eigenvalue weighted by Crippen LogP contribution is -2.20. The van der Waals surface area contributed by atoms with Gasteiger partial charge in [0.1, 0.15) is 11.3 Å². The molecule has 0 unspecified atom stereocenters. The second-order valence-corrected chi connectivity index (χ2v) is 5.33. The van der Waals surface area contributed by atoms with Gasteiger partial charge in [-0.2, -0.15) is 0 Å². The summed E-state index contributed by atoms with van der Waals surface area (Å²) in [6, 6.07) is 1.91. The van der Waals surface area contributed by atoms with Gasteiger partial charge in [-0.3, -0.25) is 4.79 Å². The molecule has 0 aromatic carbocycles. The highest BCUT2D eigenvalue weighted by atomic mass is 79.9. The Morgan fingerprint density at radius 2 is 2.37 bits per heavy atom. The van der Waals surface area contributed by atoms with Gasteiger partial charge in [0.2, 0.25) is 5.91 Å². The SMILES string of the molecule is CNC(=O)CCn1c(CCCl)nc2cc(Br)cnc21. The summed E-state index contributed by atoms with van der Waals surface area (Å²) >= 11 is 9.17. The molecule has 102 valence electrons. The van der Waals surface area contributed by atoms with Crippen LogP contribution >= 0.6 is 27.5 Å². The first-order valence-electron chi connectivity index (χ1n) is 5.93. The molecule has 0 aliphatic rings. The van der Waals surface area contributed by atoms with E-state index in [1.165, 1.54) is 0 Å². The van der Waals surface area contributed by atoms with Crippen molar-refractivity contribution in [1.29, 1.82) is 0 Å². The summed E-state index contributed by atoms with van der Waals surface area (Å²) in [5.74, 6) is 1.35. The Morgan fingerprint density at radius 1 is 1.58 bits per heavy atom. The molecule has 0 bridgehead atoms. The van der Waals surface area contributed by atoms with Crippen molar-refractivity contribution in [2.45, 2.75) is 19.4 Å². The van der Waals surface area contributed by atoms with E-state index < -0.39 is 0 Å². The minimum Gasteiger partial charge on any atom is -0.359 e. The molecule has 2 rings (SSSR count). The Hall–Kier alpha value is -1.14. The predicted molar refractivity (Wildman–Crippen MR) is 78.3 cm³/mol. The van der Waals surface area contributed by atoms with Crippen LogP contribution in [0.3, 0.4) is 0 Å². The van der Waals surface area contributed by atoms with E-state index in [0.717, 1.165) is 21.5 Å². The van der Waals surface area contributed by atoms with Gasteiger partial charge in [-0.15, -0.1) is 11.6 Å². The molecule has 2 aromatic heterocycles. The zero-order chi connectivity index (χ0) is 13.8. The summed E-state index contributed by atoms with van der Waals surface area (Å²) in [4.78, 5) is 20.3. The van der Waals surface area contributed by atoms with Crippen LogP contribution in [-0.4, -0.2) is 33.4 Å². The van der Waals surface area contributed by atoms with Crippen molar-refractivity contribution in [3.05, 3.63) is 22.6 Å². The molecule has 0 aliphatic carbocycles. The number of pyridine rings is 1. The number of carbonyl (C=O) groups excluding carboxylic acids is 1. The third-order valence-corrected chi connectivity index (χ3v) is 3.41. The van der Waals surface area contributed by atoms with Gasteiger partial charge in [0.15, 0.2) is 5.65 Å². The summed E-state index contributed by atoms with van der Waals surface area (Å²) in [5.41, 5.74) is 1.60. The molecule has 0 atom stereocenters. The predicted octanol–water partition coefficient (Wildman–Crippen LogP) is 2.11. The van der Waals surface area contributed by atoms with Gasteiger partial charge in [0.05, 0.1) is 0 Å². The number of fused-ring (bicyclic) bond motifs is 1. The summed E-state index contributed by atoms with van der Waals surface area (Å²) in [7, 11) is 1.63. The maximum Gasteiger partial charge on any atom is 0.221 e. The normalized spacial score (nSPS) is 10.9. The second-order valence-electron chi connectivity index (χ2n) is 4.04. The molecule has 1 amide bonds. The molecule has 0 saturated carbocycles. The van der Waals surface area contributed by atoms with Crippen molar-refractivity contribution in [2.75, 3.05) is 12.9 Å². The highest BCUT2D eigenvalue weighted by molar-refractivity contribution is 9.10. The van der Waals surface area contributed by atoms with Crippen LogP contribution in [0.2, 0.25) is 0 Å². The monoisotopic (exact) mass is 344 g/mol. The van der Waals surface area contributed by atoms with Crippen molar-refractivity contribution >= 4 is 44.6 Å². The number of amides is 1. The number of aryl methyl sites for hydroxylation is 2. The van der Waals surface area contributed by atoms with Gasteiger partial charge in [-0.25, -0.2) is 9.97 Å². The molecule has 0 fully saturated rings. The molecule has 5 nitrogen and oxygen atoms in total. The van der Waals surface area contributed by atoms with E-state index in [1.807, 2.05) is 10.6 Å². The van der Waals surface area contributed by atoms with E-state index in [1.54, 1.807) is 13.2 Å². The van der Waals surface area contributed by atoms with E-state index in [2.05, 4.69) is 31.2 Å². The van der Waals surface area contributed by atoms with Crippen LogP contribution in [-0.2, 0) is 17.8 Å². The molecular formula is C12H14BrClN4O. The third-order valence-electron chi connectivity index (χ3n) is 2.79. The highest BCUT2D eigenvalue weighted by Gasteiger charge is 2.12. The van der Waals surface area contributed by atoms with Gasteiger partial charge >= 0.3 is 0 Å². The van der Waals surface area contributed by atoms with Crippen molar-refractivity contribution in [2.24, 2.45) is 0 Å². The number of hydrogen-bond donors (Lipinski definition) is 1. The standard InChI is InChI=1S/C12H14BrClN4O/c1-15-11(19)3-5-18-10(2-4-14)17-9-6-8(13)7-16-12(9)18/h6-7H,2-5H2,1H3,(H,15,19). The van der Waals surface area contributed by atoms with Crippen LogP contribution in [0.4, 0.5) is 0 Å². The molecule has 0 saturated heterocycles. The topological polar surface area (TPSA) is 59.8 Å². The molecule has 0 spiro atoms. The molecule has 19 heavy (non-hydrogen) atoms. The number of aromatic nitrogens is 3. The van der Waals surface area contributed by atoms with Crippen molar-refractivity contribution < 1.29 is 4.79 Å². The van der Waals surface area contributed by atoms with Crippen molar-refractivity contribution in [1.82, 2.24) is 19.9 Å². The zero-order valence-electron chi connectivity index (χ0n) is 10.5. The summed E-state index contributed by atoms with van der Waals surface area (Å²) < 4.78 is 2.84. The molecule has 2 aromatic rings.